The maximum Gasteiger partial charge on any atom is 0.0454 e. The highest BCUT2D eigenvalue weighted by molar-refractivity contribution is 5.79. The first-order valence-corrected chi connectivity index (χ1v) is 8.63. The topological polar surface area (TPSA) is 19.0 Å². The molecule has 2 heterocycles. The van der Waals surface area contributed by atoms with Crippen LogP contribution in [0.5, 0.6) is 0 Å². The first kappa shape index (κ1) is 14.5. The Morgan fingerprint density at radius 2 is 1.78 bits per heavy atom. The van der Waals surface area contributed by atoms with Crippen molar-refractivity contribution in [3.63, 3.8) is 0 Å². The van der Waals surface area contributed by atoms with E-state index in [1.165, 1.54) is 53.5 Å². The van der Waals surface area contributed by atoms with Gasteiger partial charge in [-0.2, -0.15) is 0 Å². The number of nitrogens with one attached hydrogen (secondary N) is 1. The fraction of sp³-hybridized carbons (Fsp3) is 0.333. The summed E-state index contributed by atoms with van der Waals surface area (Å²) in [6.07, 6.45) is 4.56. The zero-order valence-electron chi connectivity index (χ0n) is 13.8. The molecule has 0 amide bonds. The van der Waals surface area contributed by atoms with Crippen molar-refractivity contribution in [2.45, 2.75) is 32.2 Å². The van der Waals surface area contributed by atoms with Crippen molar-refractivity contribution in [3.8, 4) is 0 Å². The molecule has 0 saturated carbocycles. The van der Waals surface area contributed by atoms with Crippen molar-refractivity contribution in [1.82, 2.24) is 9.88 Å². The average Bonchev–Trinajstić information content (AvgIpc) is 3.04. The molecule has 1 aromatic heterocycles. The van der Waals surface area contributed by atoms with E-state index in [0.29, 0.717) is 0 Å². The number of hydrogen-bond acceptors (Lipinski definition) is 1. The lowest BCUT2D eigenvalue weighted by Gasteiger charge is -2.32. The zero-order chi connectivity index (χ0) is 15.6. The summed E-state index contributed by atoms with van der Waals surface area (Å²) in [5, 5.41) is 1.32. The van der Waals surface area contributed by atoms with Crippen LogP contribution in [0.3, 0.4) is 0 Å². The summed E-state index contributed by atoms with van der Waals surface area (Å²) < 4.78 is 0. The van der Waals surface area contributed by atoms with Crippen LogP contribution in [-0.2, 0) is 6.54 Å². The quantitative estimate of drug-likeness (QED) is 0.732. The molecule has 0 spiro atoms. The van der Waals surface area contributed by atoms with Gasteiger partial charge in [0.1, 0.15) is 0 Å². The van der Waals surface area contributed by atoms with Gasteiger partial charge in [-0.25, -0.2) is 0 Å². The van der Waals surface area contributed by atoms with Crippen LogP contribution in [0.1, 0.15) is 35.4 Å². The lowest BCUT2D eigenvalue weighted by atomic mass is 9.89. The number of aromatic amines is 1. The molecule has 2 aromatic carbocycles. The maximum atomic E-state index is 3.26. The van der Waals surface area contributed by atoms with E-state index >= 15 is 0 Å². The van der Waals surface area contributed by atoms with Crippen LogP contribution in [0.15, 0.2) is 54.7 Å². The van der Waals surface area contributed by atoms with Crippen LogP contribution in [-0.4, -0.2) is 23.0 Å². The van der Waals surface area contributed by atoms with Gasteiger partial charge in [-0.15, -0.1) is 0 Å². The van der Waals surface area contributed by atoms with Crippen molar-refractivity contribution in [2.24, 2.45) is 0 Å². The molecule has 0 atom stereocenters. The van der Waals surface area contributed by atoms with E-state index in [2.05, 4.69) is 65.3 Å². The minimum Gasteiger partial charge on any atom is -0.361 e. The Balaban J connectivity index is 1.38. The monoisotopic (exact) mass is 304 g/mol. The summed E-state index contributed by atoms with van der Waals surface area (Å²) in [4.78, 5) is 5.86. The third-order valence-electron chi connectivity index (χ3n) is 5.16. The molecule has 1 saturated heterocycles. The third-order valence-corrected chi connectivity index (χ3v) is 5.16. The van der Waals surface area contributed by atoms with Gasteiger partial charge in [0.25, 0.3) is 0 Å². The van der Waals surface area contributed by atoms with Crippen LogP contribution in [0.4, 0.5) is 0 Å². The maximum absolute atomic E-state index is 3.26. The standard InChI is InChI=1S/C21H24N2/c1-16-2-5-18(6-3-16)19-9-12-23(13-10-19)15-17-4-7-21-20(14-17)8-11-22-21/h2-8,11,14,19,22H,9-10,12-13,15H2,1H3. The number of fused-ring (bicyclic) bond motifs is 1. The highest BCUT2D eigenvalue weighted by Crippen LogP contribution is 2.29. The minimum atomic E-state index is 0.735. The molecule has 23 heavy (non-hydrogen) atoms. The molecule has 0 radical (unpaired) electrons. The molecule has 1 aliphatic heterocycles. The van der Waals surface area contributed by atoms with Gasteiger partial charge in [0, 0.05) is 18.3 Å². The van der Waals surface area contributed by atoms with Crippen molar-refractivity contribution in [2.75, 3.05) is 13.1 Å². The fourth-order valence-corrected chi connectivity index (χ4v) is 3.72. The SMILES string of the molecule is Cc1ccc(C2CCN(Cc3ccc4[nH]ccc4c3)CC2)cc1. The van der Waals surface area contributed by atoms with E-state index < -0.39 is 0 Å². The Labute approximate surface area is 138 Å². The molecular weight excluding hydrogens is 280 g/mol. The van der Waals surface area contributed by atoms with Crippen molar-refractivity contribution < 1.29 is 0 Å². The average molecular weight is 304 g/mol. The van der Waals surface area contributed by atoms with E-state index in [0.717, 1.165) is 12.5 Å². The minimum absolute atomic E-state index is 0.735. The first-order valence-electron chi connectivity index (χ1n) is 8.63. The van der Waals surface area contributed by atoms with Crippen LogP contribution < -0.4 is 0 Å². The number of piperidine rings is 1. The van der Waals surface area contributed by atoms with E-state index in [-0.39, 0.29) is 0 Å². The summed E-state index contributed by atoms with van der Waals surface area (Å²) in [7, 11) is 0. The Morgan fingerprint density at radius 1 is 1.00 bits per heavy atom. The zero-order valence-corrected chi connectivity index (χ0v) is 13.8. The fourth-order valence-electron chi connectivity index (χ4n) is 3.72. The number of nitrogens with zero attached hydrogens (tertiary/aromatic N) is 1. The van der Waals surface area contributed by atoms with Gasteiger partial charge >= 0.3 is 0 Å². The lowest BCUT2D eigenvalue weighted by Crippen LogP contribution is -2.32. The molecule has 2 nitrogen and oxygen atoms in total. The predicted molar refractivity (Wildman–Crippen MR) is 96.7 cm³/mol. The molecule has 118 valence electrons. The van der Waals surface area contributed by atoms with E-state index in [9.17, 15) is 0 Å². The molecule has 1 N–H and O–H groups in total. The largest absolute Gasteiger partial charge is 0.361 e. The van der Waals surface area contributed by atoms with Gasteiger partial charge < -0.3 is 4.98 Å². The molecule has 4 rings (SSSR count). The molecule has 0 aliphatic carbocycles. The normalized spacial score (nSPS) is 16.9. The summed E-state index contributed by atoms with van der Waals surface area (Å²) >= 11 is 0. The first-order chi connectivity index (χ1) is 11.3. The number of H-pyrrole nitrogens is 1. The number of aromatic nitrogens is 1. The van der Waals surface area contributed by atoms with E-state index in [1.807, 2.05) is 6.20 Å². The van der Waals surface area contributed by atoms with Crippen molar-refractivity contribution in [1.29, 1.82) is 0 Å². The molecule has 2 heteroatoms. The van der Waals surface area contributed by atoms with Crippen LogP contribution in [0, 0.1) is 6.92 Å². The van der Waals surface area contributed by atoms with Gasteiger partial charge in [-0.1, -0.05) is 35.9 Å². The van der Waals surface area contributed by atoms with Gasteiger partial charge in [-0.3, -0.25) is 4.90 Å². The lowest BCUT2D eigenvalue weighted by molar-refractivity contribution is 0.205. The second kappa shape index (κ2) is 6.21. The third kappa shape index (κ3) is 3.18. The Bertz CT molecular complexity index is 777. The highest BCUT2D eigenvalue weighted by atomic mass is 15.1. The van der Waals surface area contributed by atoms with E-state index in [4.69, 9.17) is 0 Å². The molecule has 0 bridgehead atoms. The molecule has 3 aromatic rings. The number of hydrogen-bond donors (Lipinski definition) is 1. The number of aryl methyl sites for hydroxylation is 1. The summed E-state index contributed by atoms with van der Waals surface area (Å²) in [6.45, 7) is 5.63. The summed E-state index contributed by atoms with van der Waals surface area (Å²) in [5.41, 5.74) is 5.52. The van der Waals surface area contributed by atoms with Gasteiger partial charge in [-0.05, 0) is 73.5 Å². The smallest absolute Gasteiger partial charge is 0.0454 e. The molecule has 1 fully saturated rings. The van der Waals surface area contributed by atoms with Gasteiger partial charge in [0.05, 0.1) is 0 Å². The predicted octanol–water partition coefficient (Wildman–Crippen LogP) is 4.86. The van der Waals surface area contributed by atoms with E-state index in [1.54, 1.807) is 0 Å². The number of likely N-dealkylation sites (tertiary alicyclic amines) is 1. The Morgan fingerprint density at radius 3 is 2.57 bits per heavy atom. The molecule has 1 aliphatic rings. The highest BCUT2D eigenvalue weighted by Gasteiger charge is 2.20. The summed E-state index contributed by atoms with van der Waals surface area (Å²) in [6, 6.07) is 18.0. The Hall–Kier alpha value is -2.06. The number of benzene rings is 2. The second-order valence-corrected chi connectivity index (χ2v) is 6.86. The molecular formula is C21H24N2. The summed E-state index contributed by atoms with van der Waals surface area (Å²) in [5.74, 6) is 0.735. The van der Waals surface area contributed by atoms with Gasteiger partial charge in [0.2, 0.25) is 0 Å². The second-order valence-electron chi connectivity index (χ2n) is 6.86. The Kier molecular flexibility index (Phi) is 3.92. The van der Waals surface area contributed by atoms with Crippen molar-refractivity contribution in [3.05, 3.63) is 71.4 Å². The van der Waals surface area contributed by atoms with Crippen LogP contribution >= 0.6 is 0 Å². The number of rotatable bonds is 3. The molecule has 0 unspecified atom stereocenters. The van der Waals surface area contributed by atoms with Crippen molar-refractivity contribution >= 4 is 10.9 Å². The van der Waals surface area contributed by atoms with Crippen LogP contribution in [0.2, 0.25) is 0 Å². The van der Waals surface area contributed by atoms with Gasteiger partial charge in [0.15, 0.2) is 0 Å². The van der Waals surface area contributed by atoms with Crippen LogP contribution in [0.25, 0.3) is 10.9 Å².